The fourth-order valence-electron chi connectivity index (χ4n) is 1.85. The third-order valence-electron chi connectivity index (χ3n) is 2.95. The van der Waals surface area contributed by atoms with E-state index in [0.717, 1.165) is 6.07 Å². The third-order valence-corrected chi connectivity index (χ3v) is 4.68. The molecule has 7 nitrogen and oxygen atoms in total. The molecular weight excluding hydrogens is 405 g/mol. The van der Waals surface area contributed by atoms with Crippen LogP contribution >= 0.6 is 15.9 Å². The molecule has 0 aliphatic carbocycles. The number of nitrogens with one attached hydrogen (secondary N) is 2. The molecule has 2 N–H and O–H groups in total. The summed E-state index contributed by atoms with van der Waals surface area (Å²) >= 11 is 3.09. The SMILES string of the molecule is O=c1ccc(-c2ccc(S(=O)(=O)Nc3ccc(Br)cc3F)o2)n[nH]1. The van der Waals surface area contributed by atoms with E-state index in [9.17, 15) is 17.6 Å². The molecule has 2 aromatic heterocycles. The first-order valence-electron chi connectivity index (χ1n) is 6.49. The second-order valence-corrected chi connectivity index (χ2v) is 7.18. The molecule has 0 atom stereocenters. The van der Waals surface area contributed by atoms with Crippen molar-refractivity contribution in [3.05, 3.63) is 63.1 Å². The van der Waals surface area contributed by atoms with Gasteiger partial charge in [-0.2, -0.15) is 13.5 Å². The summed E-state index contributed by atoms with van der Waals surface area (Å²) in [7, 11) is -4.12. The zero-order chi connectivity index (χ0) is 17.3. The Morgan fingerprint density at radius 3 is 2.62 bits per heavy atom. The first-order valence-corrected chi connectivity index (χ1v) is 8.76. The summed E-state index contributed by atoms with van der Waals surface area (Å²) in [6.07, 6.45) is 0. The first kappa shape index (κ1) is 16.4. The maximum atomic E-state index is 13.8. The van der Waals surface area contributed by atoms with Crippen molar-refractivity contribution in [3.8, 4) is 11.5 Å². The van der Waals surface area contributed by atoms with E-state index < -0.39 is 26.5 Å². The summed E-state index contributed by atoms with van der Waals surface area (Å²) in [6.45, 7) is 0. The van der Waals surface area contributed by atoms with Crippen LogP contribution in [-0.2, 0) is 10.0 Å². The van der Waals surface area contributed by atoms with Gasteiger partial charge in [0.05, 0.1) is 5.69 Å². The Kier molecular flexibility index (Phi) is 4.24. The molecule has 2 heterocycles. The van der Waals surface area contributed by atoms with Crippen molar-refractivity contribution in [1.29, 1.82) is 0 Å². The molecule has 0 saturated heterocycles. The van der Waals surface area contributed by atoms with Gasteiger partial charge in [0, 0.05) is 10.5 Å². The van der Waals surface area contributed by atoms with Crippen LogP contribution in [0.25, 0.3) is 11.5 Å². The smallest absolute Gasteiger partial charge is 0.295 e. The highest BCUT2D eigenvalue weighted by atomic mass is 79.9. The highest BCUT2D eigenvalue weighted by Gasteiger charge is 2.21. The summed E-state index contributed by atoms with van der Waals surface area (Å²) < 4.78 is 46.2. The normalized spacial score (nSPS) is 11.4. The Bertz CT molecular complexity index is 1040. The fourth-order valence-corrected chi connectivity index (χ4v) is 3.19. The van der Waals surface area contributed by atoms with Crippen LogP contribution in [0.1, 0.15) is 0 Å². The minimum atomic E-state index is -4.12. The molecule has 0 amide bonds. The number of benzene rings is 1. The third kappa shape index (κ3) is 3.39. The summed E-state index contributed by atoms with van der Waals surface area (Å²) in [5.41, 5.74) is -0.352. The molecule has 3 aromatic rings. The molecule has 0 aliphatic rings. The largest absolute Gasteiger partial charge is 0.441 e. The highest BCUT2D eigenvalue weighted by molar-refractivity contribution is 9.10. The summed E-state index contributed by atoms with van der Waals surface area (Å²) in [5.74, 6) is -0.593. The van der Waals surface area contributed by atoms with Gasteiger partial charge in [-0.15, -0.1) is 0 Å². The van der Waals surface area contributed by atoms with Gasteiger partial charge in [-0.3, -0.25) is 9.52 Å². The Hall–Kier alpha value is -2.46. The number of nitrogens with zero attached hydrogens (tertiary/aromatic N) is 1. The molecule has 0 unspecified atom stereocenters. The van der Waals surface area contributed by atoms with E-state index in [2.05, 4.69) is 30.8 Å². The minimum Gasteiger partial charge on any atom is -0.441 e. The van der Waals surface area contributed by atoms with Crippen molar-refractivity contribution < 1.29 is 17.2 Å². The molecule has 1 aromatic carbocycles. The monoisotopic (exact) mass is 413 g/mol. The van der Waals surface area contributed by atoms with Gasteiger partial charge in [0.25, 0.3) is 15.6 Å². The van der Waals surface area contributed by atoms with Crippen LogP contribution in [0.15, 0.2) is 61.2 Å². The number of hydrogen-bond acceptors (Lipinski definition) is 5. The number of rotatable bonds is 4. The predicted molar refractivity (Wildman–Crippen MR) is 87.5 cm³/mol. The Labute approximate surface area is 143 Å². The molecule has 24 heavy (non-hydrogen) atoms. The number of aromatic amines is 1. The first-order chi connectivity index (χ1) is 11.3. The fraction of sp³-hybridized carbons (Fsp3) is 0. The predicted octanol–water partition coefficient (Wildman–Crippen LogP) is 2.73. The van der Waals surface area contributed by atoms with Crippen LogP contribution in [0.3, 0.4) is 0 Å². The van der Waals surface area contributed by atoms with Crippen LogP contribution in [-0.4, -0.2) is 18.6 Å². The second-order valence-electron chi connectivity index (χ2n) is 4.65. The minimum absolute atomic E-state index is 0.142. The second kappa shape index (κ2) is 6.21. The standard InChI is InChI=1S/C14H9BrFN3O4S/c15-8-1-2-10(9(16)7-8)19-24(21,22)14-6-4-12(23-14)11-3-5-13(20)18-17-11/h1-7,19H,(H,18,20). The summed E-state index contributed by atoms with van der Waals surface area (Å²) in [6, 6.07) is 9.12. The van der Waals surface area contributed by atoms with Crippen molar-refractivity contribution in [1.82, 2.24) is 10.2 Å². The number of furan rings is 1. The molecule has 0 bridgehead atoms. The van der Waals surface area contributed by atoms with E-state index in [0.29, 0.717) is 4.47 Å². The molecule has 0 fully saturated rings. The van der Waals surface area contributed by atoms with Crippen LogP contribution in [0.5, 0.6) is 0 Å². The quantitative estimate of drug-likeness (QED) is 0.683. The van der Waals surface area contributed by atoms with Crippen molar-refractivity contribution >= 4 is 31.6 Å². The number of H-pyrrole nitrogens is 1. The Balaban J connectivity index is 1.90. The lowest BCUT2D eigenvalue weighted by Gasteiger charge is -2.07. The Morgan fingerprint density at radius 2 is 1.96 bits per heavy atom. The molecule has 124 valence electrons. The zero-order valence-electron chi connectivity index (χ0n) is 11.8. The highest BCUT2D eigenvalue weighted by Crippen LogP contribution is 2.26. The van der Waals surface area contributed by atoms with E-state index >= 15 is 0 Å². The average Bonchev–Trinajstić information content (AvgIpc) is 3.02. The van der Waals surface area contributed by atoms with Crippen molar-refractivity contribution in [2.75, 3.05) is 4.72 Å². The van der Waals surface area contributed by atoms with Gasteiger partial charge in [-0.25, -0.2) is 9.49 Å². The van der Waals surface area contributed by atoms with Gasteiger partial charge in [0.2, 0.25) is 5.09 Å². The number of aromatic nitrogens is 2. The van der Waals surface area contributed by atoms with Crippen molar-refractivity contribution in [3.63, 3.8) is 0 Å². The van der Waals surface area contributed by atoms with Gasteiger partial charge in [-0.1, -0.05) is 15.9 Å². The van der Waals surface area contributed by atoms with E-state index in [4.69, 9.17) is 4.42 Å². The van der Waals surface area contributed by atoms with Gasteiger partial charge in [0.15, 0.2) is 5.76 Å². The van der Waals surface area contributed by atoms with Gasteiger partial charge >= 0.3 is 0 Å². The molecule has 0 aliphatic heterocycles. The number of anilines is 1. The van der Waals surface area contributed by atoms with E-state index in [1.54, 1.807) is 0 Å². The van der Waals surface area contributed by atoms with E-state index in [-0.39, 0.29) is 17.1 Å². The molecule has 3 rings (SSSR count). The molecular formula is C14H9BrFN3O4S. The lowest BCUT2D eigenvalue weighted by molar-refractivity contribution is 0.461. The van der Waals surface area contributed by atoms with Crippen LogP contribution < -0.4 is 10.3 Å². The average molecular weight is 414 g/mol. The molecule has 0 radical (unpaired) electrons. The van der Waals surface area contributed by atoms with Crippen LogP contribution in [0.2, 0.25) is 0 Å². The van der Waals surface area contributed by atoms with Gasteiger partial charge in [-0.05, 0) is 36.4 Å². The Morgan fingerprint density at radius 1 is 1.17 bits per heavy atom. The number of hydrogen-bond donors (Lipinski definition) is 2. The summed E-state index contributed by atoms with van der Waals surface area (Å²) in [4.78, 5) is 11.0. The number of sulfonamides is 1. The molecule has 10 heteroatoms. The van der Waals surface area contributed by atoms with Crippen LogP contribution in [0, 0.1) is 5.82 Å². The van der Waals surface area contributed by atoms with Crippen molar-refractivity contribution in [2.45, 2.75) is 5.09 Å². The van der Waals surface area contributed by atoms with Crippen molar-refractivity contribution in [2.24, 2.45) is 0 Å². The maximum Gasteiger partial charge on any atom is 0.295 e. The lowest BCUT2D eigenvalue weighted by Crippen LogP contribution is -2.13. The number of halogens is 2. The van der Waals surface area contributed by atoms with E-state index in [1.165, 1.54) is 36.4 Å². The topological polar surface area (TPSA) is 105 Å². The van der Waals surface area contributed by atoms with Gasteiger partial charge < -0.3 is 4.42 Å². The van der Waals surface area contributed by atoms with Crippen LogP contribution in [0.4, 0.5) is 10.1 Å². The zero-order valence-corrected chi connectivity index (χ0v) is 14.2. The van der Waals surface area contributed by atoms with Gasteiger partial charge in [0.1, 0.15) is 11.5 Å². The summed E-state index contributed by atoms with van der Waals surface area (Å²) in [5, 5.41) is 5.54. The lowest BCUT2D eigenvalue weighted by atomic mass is 10.3. The molecule has 0 spiro atoms. The molecule has 0 saturated carbocycles. The van der Waals surface area contributed by atoms with E-state index in [1.807, 2.05) is 0 Å². The maximum absolute atomic E-state index is 13.8.